The summed E-state index contributed by atoms with van der Waals surface area (Å²) in [4.78, 5) is 13.0. The Morgan fingerprint density at radius 3 is 2.38 bits per heavy atom. The van der Waals surface area contributed by atoms with Crippen LogP contribution < -0.4 is 0 Å². The molecule has 0 spiro atoms. The molecule has 16 heavy (non-hydrogen) atoms. The van der Waals surface area contributed by atoms with Crippen molar-refractivity contribution in [2.24, 2.45) is 0 Å². The topological polar surface area (TPSA) is 73.8 Å². The van der Waals surface area contributed by atoms with Gasteiger partial charge in [0, 0.05) is 0 Å². The van der Waals surface area contributed by atoms with Crippen molar-refractivity contribution in [1.82, 2.24) is 14.8 Å². The molecule has 0 atom stereocenters. The van der Waals surface area contributed by atoms with Gasteiger partial charge >= 0.3 is 0 Å². The molecule has 0 aliphatic rings. The fraction of sp³-hybridized carbons (Fsp3) is 0. The molecular formula is C8H4F2N4O2. The summed E-state index contributed by atoms with van der Waals surface area (Å²) in [7, 11) is 0. The average molecular weight is 226 g/mol. The minimum absolute atomic E-state index is 0.497. The van der Waals surface area contributed by atoms with Crippen LogP contribution in [0.25, 0.3) is 5.69 Å². The molecule has 0 aliphatic carbocycles. The van der Waals surface area contributed by atoms with E-state index in [9.17, 15) is 18.9 Å². The van der Waals surface area contributed by atoms with Crippen molar-refractivity contribution in [3.8, 4) is 5.69 Å². The van der Waals surface area contributed by atoms with Gasteiger partial charge < -0.3 is 0 Å². The predicted octanol–water partition coefficient (Wildman–Crippen LogP) is 1.45. The molecule has 0 N–H and O–H groups in total. The maximum Gasteiger partial charge on any atom is 0.275 e. The van der Waals surface area contributed by atoms with Crippen LogP contribution in [0.4, 0.5) is 14.5 Å². The highest BCUT2D eigenvalue weighted by molar-refractivity contribution is 5.43. The Morgan fingerprint density at radius 2 is 1.94 bits per heavy atom. The van der Waals surface area contributed by atoms with Gasteiger partial charge in [0.25, 0.3) is 5.69 Å². The second kappa shape index (κ2) is 3.65. The Kier molecular flexibility index (Phi) is 2.31. The minimum Gasteiger partial charge on any atom is -0.258 e. The zero-order chi connectivity index (χ0) is 11.7. The van der Waals surface area contributed by atoms with E-state index < -0.39 is 27.9 Å². The first-order valence-corrected chi connectivity index (χ1v) is 4.08. The Morgan fingerprint density at radius 1 is 1.31 bits per heavy atom. The van der Waals surface area contributed by atoms with Gasteiger partial charge in [-0.3, -0.25) is 10.1 Å². The molecule has 0 saturated heterocycles. The second-order valence-corrected chi connectivity index (χ2v) is 2.86. The number of hydrogen-bond donors (Lipinski definition) is 0. The molecule has 1 aromatic heterocycles. The van der Waals surface area contributed by atoms with E-state index in [1.165, 1.54) is 0 Å². The molecular weight excluding hydrogens is 222 g/mol. The van der Waals surface area contributed by atoms with Gasteiger partial charge in [0.2, 0.25) is 0 Å². The Labute approximate surface area is 87.3 Å². The molecule has 0 aliphatic heterocycles. The quantitative estimate of drug-likeness (QED) is 0.573. The second-order valence-electron chi connectivity index (χ2n) is 2.86. The van der Waals surface area contributed by atoms with Crippen molar-refractivity contribution in [3.63, 3.8) is 0 Å². The highest BCUT2D eigenvalue weighted by Crippen LogP contribution is 2.22. The highest BCUT2D eigenvalue weighted by atomic mass is 19.1. The monoisotopic (exact) mass is 226 g/mol. The number of halogens is 2. The molecule has 0 fully saturated rings. The molecule has 1 aromatic carbocycles. The third-order valence-electron chi connectivity index (χ3n) is 1.86. The van der Waals surface area contributed by atoms with E-state index in [-0.39, 0.29) is 0 Å². The van der Waals surface area contributed by atoms with Crippen LogP contribution in [-0.2, 0) is 0 Å². The normalized spacial score (nSPS) is 10.4. The molecule has 0 saturated carbocycles. The van der Waals surface area contributed by atoms with Gasteiger partial charge in [-0.05, 0) is 0 Å². The van der Waals surface area contributed by atoms with Gasteiger partial charge in [-0.2, -0.15) is 5.10 Å². The van der Waals surface area contributed by atoms with Crippen LogP contribution in [0.1, 0.15) is 0 Å². The number of nitro benzene ring substituents is 1. The fourth-order valence-electron chi connectivity index (χ4n) is 1.20. The lowest BCUT2D eigenvalue weighted by Gasteiger charge is -2.03. The van der Waals surface area contributed by atoms with E-state index in [2.05, 4.69) is 10.1 Å². The van der Waals surface area contributed by atoms with Crippen LogP contribution in [-0.4, -0.2) is 19.7 Å². The van der Waals surface area contributed by atoms with Gasteiger partial charge in [-0.25, -0.2) is 18.4 Å². The first-order chi connectivity index (χ1) is 7.59. The first kappa shape index (κ1) is 10.1. The zero-order valence-corrected chi connectivity index (χ0v) is 7.67. The molecule has 2 rings (SSSR count). The number of aromatic nitrogens is 3. The summed E-state index contributed by atoms with van der Waals surface area (Å²) in [6.45, 7) is 0. The highest BCUT2D eigenvalue weighted by Gasteiger charge is 2.18. The molecule has 1 heterocycles. The summed E-state index contributed by atoms with van der Waals surface area (Å²) in [5.74, 6) is -2.14. The van der Waals surface area contributed by atoms with Crippen molar-refractivity contribution < 1.29 is 13.7 Å². The zero-order valence-electron chi connectivity index (χ0n) is 7.67. The maximum atomic E-state index is 13.4. The van der Waals surface area contributed by atoms with Crippen molar-refractivity contribution in [1.29, 1.82) is 0 Å². The molecule has 0 unspecified atom stereocenters. The summed E-state index contributed by atoms with van der Waals surface area (Å²) in [6.07, 6.45) is 2.19. The molecule has 6 nitrogen and oxygen atoms in total. The van der Waals surface area contributed by atoms with Gasteiger partial charge in [-0.15, -0.1) is 0 Å². The van der Waals surface area contributed by atoms with E-state index >= 15 is 0 Å². The molecule has 8 heteroatoms. The Balaban J connectivity index is 2.61. The van der Waals surface area contributed by atoms with Crippen molar-refractivity contribution in [2.75, 3.05) is 0 Å². The smallest absolute Gasteiger partial charge is 0.258 e. The summed E-state index contributed by atoms with van der Waals surface area (Å²) < 4.78 is 27.7. The van der Waals surface area contributed by atoms with Crippen LogP contribution in [0.3, 0.4) is 0 Å². The van der Waals surface area contributed by atoms with Crippen LogP contribution in [0.15, 0.2) is 24.8 Å². The molecule has 2 aromatic rings. The molecule has 0 amide bonds. The summed E-state index contributed by atoms with van der Waals surface area (Å²) in [5, 5.41) is 13.9. The first-order valence-electron chi connectivity index (χ1n) is 4.08. The Hall–Kier alpha value is -2.38. The predicted molar refractivity (Wildman–Crippen MR) is 47.9 cm³/mol. The maximum absolute atomic E-state index is 13.4. The van der Waals surface area contributed by atoms with E-state index in [0.717, 1.165) is 17.3 Å². The van der Waals surface area contributed by atoms with Crippen molar-refractivity contribution in [2.45, 2.75) is 0 Å². The third-order valence-corrected chi connectivity index (χ3v) is 1.86. The lowest BCUT2D eigenvalue weighted by atomic mass is 10.2. The minimum atomic E-state index is -1.07. The van der Waals surface area contributed by atoms with E-state index in [4.69, 9.17) is 0 Å². The lowest BCUT2D eigenvalue weighted by Crippen LogP contribution is -2.03. The van der Waals surface area contributed by atoms with Crippen molar-refractivity contribution >= 4 is 5.69 Å². The number of nitro groups is 1. The Bertz CT molecular complexity index is 518. The fourth-order valence-corrected chi connectivity index (χ4v) is 1.20. The van der Waals surface area contributed by atoms with Crippen LogP contribution >= 0.6 is 0 Å². The van der Waals surface area contributed by atoms with E-state index in [1.54, 1.807) is 0 Å². The largest absolute Gasteiger partial charge is 0.275 e. The van der Waals surface area contributed by atoms with Crippen LogP contribution in [0.2, 0.25) is 0 Å². The molecule has 0 radical (unpaired) electrons. The van der Waals surface area contributed by atoms with Gasteiger partial charge in [0.05, 0.1) is 17.1 Å². The SMILES string of the molecule is O=[N+]([O-])c1cc(F)c(-n2cncn2)c(F)c1. The summed E-state index contributed by atoms with van der Waals surface area (Å²) in [5.41, 5.74) is -1.15. The number of hydrogen-bond acceptors (Lipinski definition) is 4. The number of nitrogens with zero attached hydrogens (tertiary/aromatic N) is 4. The van der Waals surface area contributed by atoms with E-state index in [1.807, 2.05) is 0 Å². The third kappa shape index (κ3) is 1.60. The van der Waals surface area contributed by atoms with Gasteiger partial charge in [0.1, 0.15) is 18.3 Å². The van der Waals surface area contributed by atoms with Crippen LogP contribution in [0, 0.1) is 21.7 Å². The summed E-state index contributed by atoms with van der Waals surface area (Å²) >= 11 is 0. The lowest BCUT2D eigenvalue weighted by molar-refractivity contribution is -0.385. The molecule has 0 bridgehead atoms. The summed E-state index contributed by atoms with van der Waals surface area (Å²) in [6, 6.07) is 1.25. The van der Waals surface area contributed by atoms with Crippen LogP contribution in [0.5, 0.6) is 0 Å². The van der Waals surface area contributed by atoms with Gasteiger partial charge in [-0.1, -0.05) is 0 Å². The van der Waals surface area contributed by atoms with Crippen molar-refractivity contribution in [3.05, 3.63) is 46.5 Å². The standard InChI is InChI=1S/C8H4F2N4O2/c9-6-1-5(14(15)16)2-7(10)8(6)13-4-11-3-12-13/h1-4H. The van der Waals surface area contributed by atoms with Gasteiger partial charge in [0.15, 0.2) is 11.6 Å². The average Bonchev–Trinajstić information content (AvgIpc) is 2.69. The number of non-ortho nitro benzene ring substituents is 1. The molecule has 82 valence electrons. The number of rotatable bonds is 2. The van der Waals surface area contributed by atoms with E-state index in [0.29, 0.717) is 12.1 Å². The number of benzene rings is 1.